The maximum Gasteiger partial charge on any atom is 0.410 e. The van der Waals surface area contributed by atoms with Crippen LogP contribution in [0.2, 0.25) is 0 Å². The Bertz CT molecular complexity index is 1190. The van der Waals surface area contributed by atoms with Gasteiger partial charge in [-0.1, -0.05) is 12.1 Å². The smallest absolute Gasteiger partial charge is 0.410 e. The molecule has 0 aromatic heterocycles. The molecule has 42 heavy (non-hydrogen) atoms. The Kier molecular flexibility index (Phi) is 10.6. The quantitative estimate of drug-likeness (QED) is 0.380. The molecule has 2 aromatic rings. The van der Waals surface area contributed by atoms with Gasteiger partial charge in [-0.3, -0.25) is 4.79 Å². The molecule has 0 N–H and O–H groups in total. The van der Waals surface area contributed by atoms with Gasteiger partial charge in [0, 0.05) is 25.0 Å². The molecule has 0 spiro atoms. The molecular formula is C33H46N2O7. The van der Waals surface area contributed by atoms with Crippen molar-refractivity contribution in [1.82, 2.24) is 9.80 Å². The van der Waals surface area contributed by atoms with E-state index in [0.717, 1.165) is 54.1 Å². The number of rotatable bonds is 9. The first-order valence-corrected chi connectivity index (χ1v) is 14.9. The minimum atomic E-state index is -0.595. The summed E-state index contributed by atoms with van der Waals surface area (Å²) in [5.41, 5.74) is 1.45. The van der Waals surface area contributed by atoms with Crippen molar-refractivity contribution >= 4 is 12.0 Å². The zero-order chi connectivity index (χ0) is 30.3. The molecule has 0 unspecified atom stereocenters. The average molecular weight is 583 g/mol. The zero-order valence-corrected chi connectivity index (χ0v) is 25.9. The van der Waals surface area contributed by atoms with Crippen LogP contribution in [0, 0.1) is 12.8 Å². The Labute approximate surface area is 250 Å². The van der Waals surface area contributed by atoms with Crippen LogP contribution >= 0.6 is 0 Å². The molecule has 1 heterocycles. The number of benzene rings is 2. The van der Waals surface area contributed by atoms with Crippen LogP contribution in [0.5, 0.6) is 17.2 Å². The second-order valence-corrected chi connectivity index (χ2v) is 12.2. The van der Waals surface area contributed by atoms with Gasteiger partial charge in [0.25, 0.3) is 0 Å². The topological polar surface area (TPSA) is 86.8 Å². The van der Waals surface area contributed by atoms with E-state index in [-0.39, 0.29) is 30.1 Å². The number of amides is 2. The van der Waals surface area contributed by atoms with Gasteiger partial charge in [0.05, 0.1) is 27.4 Å². The van der Waals surface area contributed by atoms with Crippen molar-refractivity contribution in [3.63, 3.8) is 0 Å². The van der Waals surface area contributed by atoms with E-state index in [4.69, 9.17) is 23.7 Å². The molecule has 1 saturated carbocycles. The van der Waals surface area contributed by atoms with E-state index in [1.807, 2.05) is 73.9 Å². The molecule has 1 saturated heterocycles. The maximum absolute atomic E-state index is 13.5. The second-order valence-electron chi connectivity index (χ2n) is 12.2. The van der Waals surface area contributed by atoms with E-state index in [1.54, 1.807) is 14.2 Å². The van der Waals surface area contributed by atoms with Crippen molar-refractivity contribution in [2.75, 3.05) is 40.5 Å². The van der Waals surface area contributed by atoms with Crippen LogP contribution < -0.4 is 14.2 Å². The summed E-state index contributed by atoms with van der Waals surface area (Å²) in [7, 11) is 3.28. The first-order valence-electron chi connectivity index (χ1n) is 14.9. The summed E-state index contributed by atoms with van der Waals surface area (Å²) in [6.45, 7) is 10.1. The minimum absolute atomic E-state index is 0.00152. The number of carbonyl (C=O) groups excluding carboxylic acids is 2. The van der Waals surface area contributed by atoms with Gasteiger partial charge in [-0.05, 0) is 94.8 Å². The van der Waals surface area contributed by atoms with Crippen LogP contribution in [0.1, 0.15) is 57.6 Å². The van der Waals surface area contributed by atoms with E-state index in [0.29, 0.717) is 32.8 Å². The van der Waals surface area contributed by atoms with Crippen molar-refractivity contribution < 1.29 is 33.3 Å². The number of hydrogen-bond acceptors (Lipinski definition) is 7. The van der Waals surface area contributed by atoms with E-state index >= 15 is 0 Å². The first-order chi connectivity index (χ1) is 20.1. The lowest BCUT2D eigenvalue weighted by Gasteiger charge is -2.39. The molecule has 1 aliphatic heterocycles. The van der Waals surface area contributed by atoms with E-state index < -0.39 is 5.60 Å². The molecule has 2 aromatic carbocycles. The van der Waals surface area contributed by atoms with Crippen LogP contribution in [-0.2, 0) is 20.8 Å². The SMILES string of the molecule is COc1ccc(OC[C@H]2CN(C(=O)C3CCC(N(Cc4ccc(OC)c(C)c4)C(=O)OC(C)(C)C)CC3)CCO2)cc1. The van der Waals surface area contributed by atoms with Crippen LogP contribution in [0.25, 0.3) is 0 Å². The highest BCUT2D eigenvalue weighted by Gasteiger charge is 2.36. The third kappa shape index (κ3) is 8.53. The number of ether oxygens (including phenoxy) is 5. The highest BCUT2D eigenvalue weighted by Crippen LogP contribution is 2.32. The number of nitrogens with zero attached hydrogens (tertiary/aromatic N) is 2. The van der Waals surface area contributed by atoms with Crippen LogP contribution in [0.15, 0.2) is 42.5 Å². The number of aryl methyl sites for hydroxylation is 1. The Morgan fingerprint density at radius 1 is 0.976 bits per heavy atom. The van der Waals surface area contributed by atoms with Gasteiger partial charge in [0.15, 0.2) is 0 Å². The third-order valence-electron chi connectivity index (χ3n) is 7.87. The van der Waals surface area contributed by atoms with Gasteiger partial charge in [-0.25, -0.2) is 4.79 Å². The molecule has 1 atom stereocenters. The largest absolute Gasteiger partial charge is 0.497 e. The normalized spacial score (nSPS) is 20.9. The fourth-order valence-electron chi connectivity index (χ4n) is 5.67. The number of hydrogen-bond donors (Lipinski definition) is 0. The van der Waals surface area contributed by atoms with Crippen LogP contribution in [0.3, 0.4) is 0 Å². The van der Waals surface area contributed by atoms with E-state index in [1.165, 1.54) is 0 Å². The summed E-state index contributed by atoms with van der Waals surface area (Å²) in [5.74, 6) is 2.43. The molecule has 230 valence electrons. The summed E-state index contributed by atoms with van der Waals surface area (Å²) in [6.07, 6.45) is 2.46. The third-order valence-corrected chi connectivity index (χ3v) is 7.87. The van der Waals surface area contributed by atoms with E-state index in [9.17, 15) is 9.59 Å². The zero-order valence-electron chi connectivity index (χ0n) is 25.9. The fraction of sp³-hybridized carbons (Fsp3) is 0.576. The first kappa shape index (κ1) is 31.5. The van der Waals surface area contributed by atoms with Crippen molar-refractivity contribution in [3.05, 3.63) is 53.6 Å². The van der Waals surface area contributed by atoms with Gasteiger partial charge in [-0.15, -0.1) is 0 Å². The van der Waals surface area contributed by atoms with Crippen molar-refractivity contribution in [2.45, 2.75) is 77.7 Å². The lowest BCUT2D eigenvalue weighted by Crippen LogP contribution is -2.51. The summed E-state index contributed by atoms with van der Waals surface area (Å²) in [4.78, 5) is 30.6. The fourth-order valence-corrected chi connectivity index (χ4v) is 5.67. The van der Waals surface area contributed by atoms with Crippen molar-refractivity contribution in [1.29, 1.82) is 0 Å². The highest BCUT2D eigenvalue weighted by molar-refractivity contribution is 5.79. The molecule has 0 radical (unpaired) electrons. The maximum atomic E-state index is 13.5. The van der Waals surface area contributed by atoms with Crippen molar-refractivity contribution in [3.8, 4) is 17.2 Å². The Hall–Kier alpha value is -3.46. The molecule has 2 amide bonds. The highest BCUT2D eigenvalue weighted by atomic mass is 16.6. The van der Waals surface area contributed by atoms with Gasteiger partial charge in [0.1, 0.15) is 35.6 Å². The minimum Gasteiger partial charge on any atom is -0.497 e. The van der Waals surface area contributed by atoms with Crippen molar-refractivity contribution in [2.24, 2.45) is 5.92 Å². The Morgan fingerprint density at radius 3 is 2.29 bits per heavy atom. The standard InChI is InChI=1S/C33H46N2O7/c1-23-19-24(7-16-30(23)39-6)20-35(32(37)42-33(2,3)4)26-10-8-25(9-11-26)31(36)34-17-18-40-29(21-34)22-41-28-14-12-27(38-5)13-15-28/h7,12-16,19,25-26,29H,8-11,17-18,20-22H2,1-6H3/t25?,26?,29-/m1/s1. The molecule has 2 aliphatic rings. The summed E-state index contributed by atoms with van der Waals surface area (Å²) >= 11 is 0. The molecule has 4 rings (SSSR count). The molecule has 1 aliphatic carbocycles. The molecular weight excluding hydrogens is 536 g/mol. The van der Waals surface area contributed by atoms with E-state index in [2.05, 4.69) is 6.07 Å². The van der Waals surface area contributed by atoms with Gasteiger partial charge >= 0.3 is 6.09 Å². The summed E-state index contributed by atoms with van der Waals surface area (Å²) < 4.78 is 28.2. The van der Waals surface area contributed by atoms with Gasteiger partial charge < -0.3 is 33.5 Å². The molecule has 9 heteroatoms. The summed E-state index contributed by atoms with van der Waals surface area (Å²) in [5, 5.41) is 0. The number of carbonyl (C=O) groups is 2. The second kappa shape index (κ2) is 14.1. The number of methoxy groups -OCH3 is 2. The summed E-state index contributed by atoms with van der Waals surface area (Å²) in [6, 6.07) is 13.4. The molecule has 9 nitrogen and oxygen atoms in total. The van der Waals surface area contributed by atoms with Crippen LogP contribution in [0.4, 0.5) is 4.79 Å². The van der Waals surface area contributed by atoms with Crippen LogP contribution in [-0.4, -0.2) is 80.1 Å². The average Bonchev–Trinajstić information content (AvgIpc) is 2.98. The Balaban J connectivity index is 1.33. The predicted octanol–water partition coefficient (Wildman–Crippen LogP) is 5.61. The number of morpholine rings is 1. The lowest BCUT2D eigenvalue weighted by molar-refractivity contribution is -0.145. The van der Waals surface area contributed by atoms with Gasteiger partial charge in [0.2, 0.25) is 5.91 Å². The Morgan fingerprint density at radius 2 is 1.67 bits per heavy atom. The molecule has 2 fully saturated rings. The monoisotopic (exact) mass is 582 g/mol. The van der Waals surface area contributed by atoms with Gasteiger partial charge in [-0.2, -0.15) is 0 Å². The lowest BCUT2D eigenvalue weighted by atomic mass is 9.84. The predicted molar refractivity (Wildman–Crippen MR) is 160 cm³/mol. The molecule has 0 bridgehead atoms.